The number of amides is 1. The Labute approximate surface area is 182 Å². The smallest absolute Gasteiger partial charge is 0.276 e. The van der Waals surface area contributed by atoms with Crippen LogP contribution in [0.3, 0.4) is 0 Å². The minimum absolute atomic E-state index is 0.119. The topological polar surface area (TPSA) is 115 Å². The Morgan fingerprint density at radius 3 is 2.71 bits per heavy atom. The maximum Gasteiger partial charge on any atom is 0.276 e. The van der Waals surface area contributed by atoms with Gasteiger partial charge < -0.3 is 9.64 Å². The maximum absolute atomic E-state index is 13.2. The van der Waals surface area contributed by atoms with E-state index < -0.39 is 10.0 Å². The lowest BCUT2D eigenvalue weighted by molar-refractivity contribution is 0.0299. The zero-order chi connectivity index (χ0) is 21.8. The fraction of sp³-hybridized carbons (Fsp3) is 0.684. The van der Waals surface area contributed by atoms with Crippen LogP contribution in [0.2, 0.25) is 0 Å². The quantitative estimate of drug-likeness (QED) is 0.605. The molecule has 0 N–H and O–H groups in total. The Balaban J connectivity index is 1.41. The van der Waals surface area contributed by atoms with Gasteiger partial charge in [-0.15, -0.1) is 5.10 Å². The van der Waals surface area contributed by atoms with Crippen LogP contribution in [-0.4, -0.2) is 87.2 Å². The number of carbonyl (C=O) groups is 1. The number of rotatable bonds is 7. The Morgan fingerprint density at radius 2 is 1.97 bits per heavy atom. The van der Waals surface area contributed by atoms with Crippen molar-refractivity contribution in [1.29, 1.82) is 0 Å². The zero-order valence-electron chi connectivity index (χ0n) is 17.8. The van der Waals surface area contributed by atoms with Crippen molar-refractivity contribution in [3.63, 3.8) is 0 Å². The van der Waals surface area contributed by atoms with Gasteiger partial charge in [-0.25, -0.2) is 8.42 Å². The highest BCUT2D eigenvalue weighted by molar-refractivity contribution is 7.89. The third kappa shape index (κ3) is 4.80. The molecule has 0 bridgehead atoms. The summed E-state index contributed by atoms with van der Waals surface area (Å²) in [6, 6.07) is -0.119. The van der Waals surface area contributed by atoms with E-state index >= 15 is 0 Å². The first-order chi connectivity index (χ1) is 15.0. The van der Waals surface area contributed by atoms with E-state index in [0.717, 1.165) is 19.3 Å². The van der Waals surface area contributed by atoms with Crippen LogP contribution < -0.4 is 0 Å². The van der Waals surface area contributed by atoms with Crippen molar-refractivity contribution in [2.45, 2.75) is 56.6 Å². The maximum atomic E-state index is 13.2. The molecule has 1 atom stereocenters. The summed E-state index contributed by atoms with van der Waals surface area (Å²) in [5.74, 6) is -0.149. The van der Waals surface area contributed by atoms with Gasteiger partial charge in [-0.05, 0) is 26.2 Å². The number of ether oxygens (including phenoxy) is 1. The SMILES string of the molecule is CCn1cc(S(=O)(=O)N2CCCCC2CCn2cc(C(=O)N3CCOCC3)nn2)cn1. The predicted molar refractivity (Wildman–Crippen MR) is 111 cm³/mol. The number of aryl methyl sites for hydroxylation is 2. The van der Waals surface area contributed by atoms with Gasteiger partial charge in [0, 0.05) is 45.0 Å². The first kappa shape index (κ1) is 21.9. The molecule has 0 spiro atoms. The summed E-state index contributed by atoms with van der Waals surface area (Å²) >= 11 is 0. The number of nitrogens with zero attached hydrogens (tertiary/aromatic N) is 7. The van der Waals surface area contributed by atoms with Crippen LogP contribution in [0.5, 0.6) is 0 Å². The highest BCUT2D eigenvalue weighted by atomic mass is 32.2. The van der Waals surface area contributed by atoms with Crippen LogP contribution in [0.25, 0.3) is 0 Å². The van der Waals surface area contributed by atoms with Crippen LogP contribution >= 0.6 is 0 Å². The Hall–Kier alpha value is -2.31. The van der Waals surface area contributed by atoms with Gasteiger partial charge in [0.2, 0.25) is 10.0 Å². The summed E-state index contributed by atoms with van der Waals surface area (Å²) < 4.78 is 36.5. The van der Waals surface area contributed by atoms with Crippen molar-refractivity contribution in [3.05, 3.63) is 24.3 Å². The fourth-order valence-corrected chi connectivity index (χ4v) is 5.76. The number of sulfonamides is 1. The number of carbonyl (C=O) groups excluding carboxylic acids is 1. The molecule has 4 heterocycles. The van der Waals surface area contributed by atoms with Crippen molar-refractivity contribution in [2.24, 2.45) is 0 Å². The van der Waals surface area contributed by atoms with Crippen LogP contribution in [-0.2, 0) is 27.8 Å². The van der Waals surface area contributed by atoms with E-state index in [-0.39, 0.29) is 16.8 Å². The zero-order valence-corrected chi connectivity index (χ0v) is 18.6. The lowest BCUT2D eigenvalue weighted by Crippen LogP contribution is -2.44. The molecule has 2 aliphatic heterocycles. The van der Waals surface area contributed by atoms with Gasteiger partial charge in [-0.3, -0.25) is 14.2 Å². The van der Waals surface area contributed by atoms with Crippen molar-refractivity contribution in [2.75, 3.05) is 32.8 Å². The van der Waals surface area contributed by atoms with Crippen LogP contribution in [0, 0.1) is 0 Å². The second-order valence-corrected chi connectivity index (χ2v) is 9.75. The summed E-state index contributed by atoms with van der Waals surface area (Å²) in [4.78, 5) is 14.5. The molecule has 1 unspecified atom stereocenters. The molecule has 12 heteroatoms. The Kier molecular flexibility index (Phi) is 6.68. The Bertz CT molecular complexity index is 997. The lowest BCUT2D eigenvalue weighted by atomic mass is 10.0. The first-order valence-corrected chi connectivity index (χ1v) is 12.2. The molecule has 1 amide bonds. The normalized spacial score (nSPS) is 20.8. The minimum atomic E-state index is -3.60. The summed E-state index contributed by atoms with van der Waals surface area (Å²) in [6.45, 7) is 5.70. The third-order valence-corrected chi connectivity index (χ3v) is 7.77. The molecule has 2 aromatic rings. The highest BCUT2D eigenvalue weighted by Gasteiger charge is 2.34. The van der Waals surface area contributed by atoms with E-state index in [4.69, 9.17) is 4.74 Å². The molecule has 0 radical (unpaired) electrons. The highest BCUT2D eigenvalue weighted by Crippen LogP contribution is 2.27. The number of hydrogen-bond acceptors (Lipinski definition) is 7. The van der Waals surface area contributed by atoms with E-state index in [0.29, 0.717) is 58.1 Å². The molecule has 2 aliphatic rings. The molecular weight excluding hydrogens is 422 g/mol. The van der Waals surface area contributed by atoms with Gasteiger partial charge in [0.05, 0.1) is 25.6 Å². The van der Waals surface area contributed by atoms with Gasteiger partial charge in [-0.2, -0.15) is 9.40 Å². The molecule has 4 rings (SSSR count). The Morgan fingerprint density at radius 1 is 1.16 bits per heavy atom. The molecule has 2 aromatic heterocycles. The van der Waals surface area contributed by atoms with Gasteiger partial charge in [0.1, 0.15) is 4.90 Å². The number of morpholine rings is 1. The molecule has 0 aliphatic carbocycles. The molecule has 31 heavy (non-hydrogen) atoms. The molecule has 0 saturated carbocycles. The van der Waals surface area contributed by atoms with E-state index in [1.807, 2.05) is 6.92 Å². The molecule has 170 valence electrons. The molecule has 2 fully saturated rings. The van der Waals surface area contributed by atoms with Crippen LogP contribution in [0.15, 0.2) is 23.5 Å². The van der Waals surface area contributed by atoms with Crippen LogP contribution in [0.1, 0.15) is 43.1 Å². The first-order valence-electron chi connectivity index (χ1n) is 10.8. The van der Waals surface area contributed by atoms with Gasteiger partial charge >= 0.3 is 0 Å². The number of piperidine rings is 1. The summed E-state index contributed by atoms with van der Waals surface area (Å²) in [6.07, 6.45) is 7.89. The fourth-order valence-electron chi connectivity index (χ4n) is 4.08. The number of aromatic nitrogens is 5. The van der Waals surface area contributed by atoms with Crippen molar-refractivity contribution in [1.82, 2.24) is 34.0 Å². The second-order valence-electron chi connectivity index (χ2n) is 7.86. The average Bonchev–Trinajstić information content (AvgIpc) is 3.48. The van der Waals surface area contributed by atoms with E-state index in [2.05, 4.69) is 15.4 Å². The molecule has 11 nitrogen and oxygen atoms in total. The van der Waals surface area contributed by atoms with Crippen molar-refractivity contribution < 1.29 is 17.9 Å². The third-order valence-electron chi connectivity index (χ3n) is 5.86. The van der Waals surface area contributed by atoms with Gasteiger partial charge in [-0.1, -0.05) is 11.6 Å². The van der Waals surface area contributed by atoms with Gasteiger partial charge in [0.25, 0.3) is 5.91 Å². The summed E-state index contributed by atoms with van der Waals surface area (Å²) in [7, 11) is -3.60. The standard InChI is InChI=1S/C19H29N7O4S/c1-2-24-14-17(13-20-24)31(28,29)26-7-4-3-5-16(26)6-8-25-15-18(21-22-25)19(27)23-9-11-30-12-10-23/h13-16H,2-12H2,1H3. The van der Waals surface area contributed by atoms with Crippen LogP contribution in [0.4, 0.5) is 0 Å². The van der Waals surface area contributed by atoms with Crippen molar-refractivity contribution >= 4 is 15.9 Å². The largest absolute Gasteiger partial charge is 0.378 e. The monoisotopic (exact) mass is 451 g/mol. The lowest BCUT2D eigenvalue weighted by Gasteiger charge is -2.34. The average molecular weight is 452 g/mol. The predicted octanol–water partition coefficient (Wildman–Crippen LogP) is 0.600. The molecule has 0 aromatic carbocycles. The van der Waals surface area contributed by atoms with E-state index in [1.165, 1.54) is 6.20 Å². The minimum Gasteiger partial charge on any atom is -0.378 e. The molecular formula is C19H29N7O4S. The molecule has 2 saturated heterocycles. The van der Waals surface area contributed by atoms with E-state index in [1.54, 1.807) is 31.0 Å². The summed E-state index contributed by atoms with van der Waals surface area (Å²) in [5.41, 5.74) is 0.307. The van der Waals surface area contributed by atoms with Crippen molar-refractivity contribution in [3.8, 4) is 0 Å². The summed E-state index contributed by atoms with van der Waals surface area (Å²) in [5, 5.41) is 12.2. The van der Waals surface area contributed by atoms with E-state index in [9.17, 15) is 13.2 Å². The van der Waals surface area contributed by atoms with Gasteiger partial charge in [0.15, 0.2) is 5.69 Å². The second kappa shape index (κ2) is 9.45. The number of hydrogen-bond donors (Lipinski definition) is 0.